The van der Waals surface area contributed by atoms with Gasteiger partial charge in [-0.25, -0.2) is 4.79 Å². The Balaban J connectivity index is 1.85. The standard InChI is InChI=1S/C18H13BrN2O3S/c1-24-17(23)12-4-2-11(3-5-12)10-15-16(22)21(18(25)20-15)14-8-6-13(19)7-9-14/h2-10H,1H3,(H,20,25)/b15-10-. The molecule has 0 aliphatic carbocycles. The highest BCUT2D eigenvalue weighted by Gasteiger charge is 2.31. The number of hydrogen-bond donors (Lipinski definition) is 1. The minimum atomic E-state index is -0.406. The van der Waals surface area contributed by atoms with Crippen molar-refractivity contribution >= 4 is 56.9 Å². The number of halogens is 1. The number of thiocarbonyl (C=S) groups is 1. The Bertz CT molecular complexity index is 876. The van der Waals surface area contributed by atoms with Gasteiger partial charge >= 0.3 is 5.97 Å². The van der Waals surface area contributed by atoms with Crippen molar-refractivity contribution in [3.8, 4) is 0 Å². The van der Waals surface area contributed by atoms with Crippen LogP contribution in [0.5, 0.6) is 0 Å². The Kier molecular flexibility index (Phi) is 4.96. The van der Waals surface area contributed by atoms with Crippen molar-refractivity contribution in [3.05, 3.63) is 69.8 Å². The molecule has 7 heteroatoms. The smallest absolute Gasteiger partial charge is 0.337 e. The molecule has 1 heterocycles. The van der Waals surface area contributed by atoms with Gasteiger partial charge < -0.3 is 10.1 Å². The number of carbonyl (C=O) groups is 2. The first-order valence-corrected chi connectivity index (χ1v) is 8.51. The Morgan fingerprint density at radius 1 is 1.16 bits per heavy atom. The highest BCUT2D eigenvalue weighted by atomic mass is 79.9. The highest BCUT2D eigenvalue weighted by molar-refractivity contribution is 9.10. The molecule has 1 fully saturated rings. The average molecular weight is 417 g/mol. The van der Waals surface area contributed by atoms with E-state index in [0.717, 1.165) is 10.0 Å². The van der Waals surface area contributed by atoms with Gasteiger partial charge in [-0.15, -0.1) is 0 Å². The quantitative estimate of drug-likeness (QED) is 0.471. The van der Waals surface area contributed by atoms with Crippen LogP contribution in [0.2, 0.25) is 0 Å². The predicted octanol–water partition coefficient (Wildman–Crippen LogP) is 3.50. The van der Waals surface area contributed by atoms with Crippen molar-refractivity contribution in [2.45, 2.75) is 0 Å². The number of esters is 1. The SMILES string of the molecule is COC(=O)c1ccc(/C=C2\NC(=S)N(c3ccc(Br)cc3)C2=O)cc1. The summed E-state index contributed by atoms with van der Waals surface area (Å²) in [4.78, 5) is 25.5. The van der Waals surface area contributed by atoms with Gasteiger partial charge in [-0.3, -0.25) is 9.69 Å². The lowest BCUT2D eigenvalue weighted by Crippen LogP contribution is -2.30. The molecule has 1 N–H and O–H groups in total. The Morgan fingerprint density at radius 3 is 2.40 bits per heavy atom. The molecule has 0 aromatic heterocycles. The minimum absolute atomic E-state index is 0.232. The molecule has 2 aromatic rings. The predicted molar refractivity (Wildman–Crippen MR) is 103 cm³/mol. The van der Waals surface area contributed by atoms with Crippen LogP contribution >= 0.6 is 28.1 Å². The van der Waals surface area contributed by atoms with E-state index in [2.05, 4.69) is 26.0 Å². The van der Waals surface area contributed by atoms with E-state index in [-0.39, 0.29) is 5.91 Å². The van der Waals surface area contributed by atoms with E-state index in [1.165, 1.54) is 12.0 Å². The van der Waals surface area contributed by atoms with Crippen LogP contribution in [0.15, 0.2) is 58.7 Å². The molecule has 0 saturated carbocycles. The van der Waals surface area contributed by atoms with Crippen LogP contribution in [-0.4, -0.2) is 24.1 Å². The first-order valence-electron chi connectivity index (χ1n) is 7.30. The van der Waals surface area contributed by atoms with Crippen molar-refractivity contribution in [3.63, 3.8) is 0 Å². The van der Waals surface area contributed by atoms with Gasteiger partial charge in [0.1, 0.15) is 5.70 Å². The second-order valence-electron chi connectivity index (χ2n) is 5.22. The monoisotopic (exact) mass is 416 g/mol. The Labute approximate surface area is 158 Å². The van der Waals surface area contributed by atoms with E-state index < -0.39 is 5.97 Å². The lowest BCUT2D eigenvalue weighted by Gasteiger charge is -2.13. The van der Waals surface area contributed by atoms with Gasteiger partial charge in [-0.2, -0.15) is 0 Å². The summed E-state index contributed by atoms with van der Waals surface area (Å²) in [5.41, 5.74) is 2.28. The second kappa shape index (κ2) is 7.16. The Hall–Kier alpha value is -2.51. The number of nitrogens with one attached hydrogen (secondary N) is 1. The number of methoxy groups -OCH3 is 1. The van der Waals surface area contributed by atoms with E-state index in [4.69, 9.17) is 12.2 Å². The maximum atomic E-state index is 12.6. The minimum Gasteiger partial charge on any atom is -0.465 e. The van der Waals surface area contributed by atoms with Gasteiger partial charge in [-0.1, -0.05) is 28.1 Å². The Morgan fingerprint density at radius 2 is 1.80 bits per heavy atom. The molecular formula is C18H13BrN2O3S. The van der Waals surface area contributed by atoms with Crippen LogP contribution in [0.25, 0.3) is 6.08 Å². The maximum Gasteiger partial charge on any atom is 0.337 e. The number of nitrogens with zero attached hydrogens (tertiary/aromatic N) is 1. The molecule has 1 amide bonds. The van der Waals surface area contributed by atoms with Crippen LogP contribution in [0, 0.1) is 0 Å². The van der Waals surface area contributed by atoms with Crippen LogP contribution in [0.3, 0.4) is 0 Å². The molecule has 126 valence electrons. The van der Waals surface area contributed by atoms with Gasteiger partial charge in [0.05, 0.1) is 18.4 Å². The summed E-state index contributed by atoms with van der Waals surface area (Å²) in [6.45, 7) is 0. The number of carbonyl (C=O) groups excluding carboxylic acids is 2. The lowest BCUT2D eigenvalue weighted by atomic mass is 10.1. The molecule has 0 bridgehead atoms. The molecule has 3 rings (SSSR count). The topological polar surface area (TPSA) is 58.6 Å². The number of benzene rings is 2. The summed E-state index contributed by atoms with van der Waals surface area (Å²) in [6.07, 6.45) is 1.69. The van der Waals surface area contributed by atoms with Crippen molar-refractivity contribution in [2.75, 3.05) is 12.0 Å². The summed E-state index contributed by atoms with van der Waals surface area (Å²) in [5, 5.41) is 3.25. The normalized spacial score (nSPS) is 15.4. The molecule has 1 aliphatic heterocycles. The first kappa shape index (κ1) is 17.3. The summed E-state index contributed by atoms with van der Waals surface area (Å²) < 4.78 is 5.58. The van der Waals surface area contributed by atoms with Crippen molar-refractivity contribution in [1.29, 1.82) is 0 Å². The summed E-state index contributed by atoms with van der Waals surface area (Å²) in [6, 6.07) is 14.1. The summed E-state index contributed by atoms with van der Waals surface area (Å²) >= 11 is 8.64. The third kappa shape index (κ3) is 3.62. The van der Waals surface area contributed by atoms with Crippen molar-refractivity contribution in [2.24, 2.45) is 0 Å². The molecule has 1 saturated heterocycles. The zero-order chi connectivity index (χ0) is 18.0. The fourth-order valence-electron chi connectivity index (χ4n) is 2.36. The molecule has 5 nitrogen and oxygen atoms in total. The van der Waals surface area contributed by atoms with Crippen LogP contribution < -0.4 is 10.2 Å². The molecule has 2 aromatic carbocycles. The van der Waals surface area contributed by atoms with Gasteiger partial charge in [0, 0.05) is 4.47 Å². The molecule has 25 heavy (non-hydrogen) atoms. The first-order chi connectivity index (χ1) is 12.0. The number of amides is 1. The van der Waals surface area contributed by atoms with Crippen molar-refractivity contribution in [1.82, 2.24) is 5.32 Å². The number of hydrogen-bond acceptors (Lipinski definition) is 4. The van der Waals surface area contributed by atoms with Crippen LogP contribution in [0.4, 0.5) is 5.69 Å². The van der Waals surface area contributed by atoms with Crippen LogP contribution in [-0.2, 0) is 9.53 Å². The maximum absolute atomic E-state index is 12.6. The van der Waals surface area contributed by atoms with Gasteiger partial charge in [-0.05, 0) is 60.3 Å². The van der Waals surface area contributed by atoms with E-state index >= 15 is 0 Å². The summed E-state index contributed by atoms with van der Waals surface area (Å²) in [7, 11) is 1.33. The van der Waals surface area contributed by atoms with E-state index in [0.29, 0.717) is 22.1 Å². The molecular weight excluding hydrogens is 404 g/mol. The third-order valence-electron chi connectivity index (χ3n) is 3.61. The lowest BCUT2D eigenvalue weighted by molar-refractivity contribution is -0.113. The molecule has 0 unspecified atom stereocenters. The second-order valence-corrected chi connectivity index (χ2v) is 6.52. The molecule has 0 spiro atoms. The number of rotatable bonds is 3. The number of anilines is 1. The van der Waals surface area contributed by atoms with Gasteiger partial charge in [0.15, 0.2) is 5.11 Å². The van der Waals surface area contributed by atoms with E-state index in [1.54, 1.807) is 30.3 Å². The van der Waals surface area contributed by atoms with Crippen LogP contribution in [0.1, 0.15) is 15.9 Å². The summed E-state index contributed by atoms with van der Waals surface area (Å²) in [5.74, 6) is -0.638. The largest absolute Gasteiger partial charge is 0.465 e. The fraction of sp³-hybridized carbons (Fsp3) is 0.0556. The highest BCUT2D eigenvalue weighted by Crippen LogP contribution is 2.24. The van der Waals surface area contributed by atoms with Gasteiger partial charge in [0.25, 0.3) is 5.91 Å². The molecule has 0 radical (unpaired) electrons. The molecule has 0 atom stereocenters. The zero-order valence-electron chi connectivity index (χ0n) is 13.2. The zero-order valence-corrected chi connectivity index (χ0v) is 15.6. The van der Waals surface area contributed by atoms with E-state index in [1.807, 2.05) is 24.3 Å². The fourth-order valence-corrected chi connectivity index (χ4v) is 2.92. The third-order valence-corrected chi connectivity index (χ3v) is 4.42. The number of ether oxygens (including phenoxy) is 1. The van der Waals surface area contributed by atoms with E-state index in [9.17, 15) is 9.59 Å². The average Bonchev–Trinajstić information content (AvgIpc) is 2.89. The molecule has 1 aliphatic rings. The van der Waals surface area contributed by atoms with Gasteiger partial charge in [0.2, 0.25) is 0 Å². The van der Waals surface area contributed by atoms with Crippen molar-refractivity contribution < 1.29 is 14.3 Å².